The van der Waals surface area contributed by atoms with Gasteiger partial charge < -0.3 is 10.1 Å². The zero-order chi connectivity index (χ0) is 13.1. The average molecular weight is 275 g/mol. The zero-order valence-electron chi connectivity index (χ0n) is 10.5. The van der Waals surface area contributed by atoms with Gasteiger partial charge in [-0.1, -0.05) is 17.7 Å². The molecule has 3 rings (SSSR count). The second-order valence-corrected chi connectivity index (χ2v) is 5.01. The molecule has 0 fully saturated rings. The summed E-state index contributed by atoms with van der Waals surface area (Å²) in [6.45, 7) is 1.48. The normalized spacial score (nSPS) is 17.6. The van der Waals surface area contributed by atoms with Crippen LogP contribution in [-0.2, 0) is 6.54 Å². The number of hydrogen-bond acceptors (Lipinski definition) is 3. The maximum atomic E-state index is 6.06. The summed E-state index contributed by atoms with van der Waals surface area (Å²) < 4.78 is 5.65. The van der Waals surface area contributed by atoms with Crippen LogP contribution in [-0.4, -0.2) is 11.6 Å². The van der Waals surface area contributed by atoms with Gasteiger partial charge in [0.05, 0.1) is 12.3 Å². The second-order valence-electron chi connectivity index (χ2n) is 4.57. The van der Waals surface area contributed by atoms with Gasteiger partial charge in [-0.2, -0.15) is 0 Å². The molecule has 1 aromatic heterocycles. The second kappa shape index (κ2) is 5.59. The fraction of sp³-hybridized carbons (Fsp3) is 0.267. The largest absolute Gasteiger partial charge is 0.493 e. The van der Waals surface area contributed by atoms with E-state index < -0.39 is 0 Å². The van der Waals surface area contributed by atoms with Gasteiger partial charge in [-0.15, -0.1) is 0 Å². The van der Waals surface area contributed by atoms with Gasteiger partial charge in [0.15, 0.2) is 0 Å². The van der Waals surface area contributed by atoms with E-state index in [1.165, 1.54) is 0 Å². The Morgan fingerprint density at radius 1 is 1.32 bits per heavy atom. The number of ether oxygens (including phenoxy) is 1. The molecule has 3 nitrogen and oxygen atoms in total. The number of benzene rings is 1. The highest BCUT2D eigenvalue weighted by atomic mass is 35.5. The van der Waals surface area contributed by atoms with Crippen LogP contribution < -0.4 is 10.1 Å². The summed E-state index contributed by atoms with van der Waals surface area (Å²) in [5.41, 5.74) is 2.17. The number of halogens is 1. The monoisotopic (exact) mass is 274 g/mol. The van der Waals surface area contributed by atoms with Crippen molar-refractivity contribution in [2.75, 3.05) is 6.61 Å². The van der Waals surface area contributed by atoms with E-state index in [1.807, 2.05) is 42.6 Å². The smallest absolute Gasteiger partial charge is 0.124 e. The summed E-state index contributed by atoms with van der Waals surface area (Å²) in [7, 11) is 0. The Labute approximate surface area is 117 Å². The summed E-state index contributed by atoms with van der Waals surface area (Å²) in [4.78, 5) is 4.32. The Kier molecular flexibility index (Phi) is 3.67. The molecule has 4 heteroatoms. The Morgan fingerprint density at radius 3 is 3.11 bits per heavy atom. The van der Waals surface area contributed by atoms with Crippen molar-refractivity contribution in [1.82, 2.24) is 10.3 Å². The number of pyridine rings is 1. The SMILES string of the molecule is Clc1ccc2c(c1)C(NCc1ccccn1)CCO2. The fourth-order valence-electron chi connectivity index (χ4n) is 2.31. The van der Waals surface area contributed by atoms with Crippen LogP contribution in [0.5, 0.6) is 5.75 Å². The molecule has 0 aliphatic carbocycles. The van der Waals surface area contributed by atoms with Crippen molar-refractivity contribution >= 4 is 11.6 Å². The third-order valence-corrected chi connectivity index (χ3v) is 3.50. The summed E-state index contributed by atoms with van der Waals surface area (Å²) in [6, 6.07) is 12.0. The number of nitrogens with one attached hydrogen (secondary N) is 1. The minimum Gasteiger partial charge on any atom is -0.493 e. The van der Waals surface area contributed by atoms with Crippen LogP contribution in [0.25, 0.3) is 0 Å². The molecule has 1 N–H and O–H groups in total. The lowest BCUT2D eigenvalue weighted by Gasteiger charge is -2.27. The van der Waals surface area contributed by atoms with Gasteiger partial charge in [-0.05, 0) is 30.3 Å². The van der Waals surface area contributed by atoms with Crippen molar-refractivity contribution < 1.29 is 4.74 Å². The number of hydrogen-bond donors (Lipinski definition) is 1. The molecule has 98 valence electrons. The maximum Gasteiger partial charge on any atom is 0.124 e. The van der Waals surface area contributed by atoms with Crippen LogP contribution in [0.4, 0.5) is 0 Å². The molecule has 2 aromatic rings. The molecule has 0 saturated heterocycles. The lowest BCUT2D eigenvalue weighted by Crippen LogP contribution is -2.27. The number of rotatable bonds is 3. The van der Waals surface area contributed by atoms with Crippen LogP contribution in [0, 0.1) is 0 Å². The first-order valence-corrected chi connectivity index (χ1v) is 6.76. The summed E-state index contributed by atoms with van der Waals surface area (Å²) in [5, 5.41) is 4.26. The van der Waals surface area contributed by atoms with Crippen molar-refractivity contribution in [3.63, 3.8) is 0 Å². The molecule has 0 saturated carbocycles. The molecule has 0 spiro atoms. The Bertz CT molecular complexity index is 559. The van der Waals surface area contributed by atoms with Crippen molar-refractivity contribution in [3.8, 4) is 5.75 Å². The molecule has 1 atom stereocenters. The molecule has 2 heterocycles. The van der Waals surface area contributed by atoms with E-state index in [4.69, 9.17) is 16.3 Å². The fourth-order valence-corrected chi connectivity index (χ4v) is 2.49. The zero-order valence-corrected chi connectivity index (χ0v) is 11.2. The van der Waals surface area contributed by atoms with E-state index in [0.717, 1.165) is 41.6 Å². The maximum absolute atomic E-state index is 6.06. The molecule has 1 aromatic carbocycles. The van der Waals surface area contributed by atoms with Gasteiger partial charge in [-0.25, -0.2) is 0 Å². The molecule has 19 heavy (non-hydrogen) atoms. The third-order valence-electron chi connectivity index (χ3n) is 3.27. The minimum absolute atomic E-state index is 0.268. The predicted octanol–water partition coefficient (Wildman–Crippen LogP) is 3.35. The van der Waals surface area contributed by atoms with E-state index in [1.54, 1.807) is 0 Å². The quantitative estimate of drug-likeness (QED) is 0.932. The lowest BCUT2D eigenvalue weighted by atomic mass is 10.0. The molecule has 0 radical (unpaired) electrons. The Balaban J connectivity index is 1.75. The highest BCUT2D eigenvalue weighted by molar-refractivity contribution is 6.30. The predicted molar refractivity (Wildman–Crippen MR) is 75.4 cm³/mol. The van der Waals surface area contributed by atoms with Crippen LogP contribution in [0.1, 0.15) is 23.7 Å². The van der Waals surface area contributed by atoms with Crippen molar-refractivity contribution in [2.24, 2.45) is 0 Å². The van der Waals surface area contributed by atoms with Gasteiger partial charge in [0.1, 0.15) is 5.75 Å². The van der Waals surface area contributed by atoms with E-state index in [-0.39, 0.29) is 6.04 Å². The van der Waals surface area contributed by atoms with E-state index in [2.05, 4.69) is 10.3 Å². The highest BCUT2D eigenvalue weighted by Crippen LogP contribution is 2.34. The number of nitrogens with zero attached hydrogens (tertiary/aromatic N) is 1. The minimum atomic E-state index is 0.268. The standard InChI is InChI=1S/C15H15ClN2O/c16-11-4-5-15-13(9-11)14(6-8-19-15)18-10-12-3-1-2-7-17-12/h1-5,7,9,14,18H,6,8,10H2. The van der Waals surface area contributed by atoms with Crippen molar-refractivity contribution in [1.29, 1.82) is 0 Å². The molecule has 0 bridgehead atoms. The first-order chi connectivity index (χ1) is 9.33. The van der Waals surface area contributed by atoms with E-state index in [9.17, 15) is 0 Å². The first kappa shape index (κ1) is 12.5. The van der Waals surface area contributed by atoms with Gasteiger partial charge in [-0.3, -0.25) is 4.98 Å². The van der Waals surface area contributed by atoms with E-state index in [0.29, 0.717) is 0 Å². The molecular weight excluding hydrogens is 260 g/mol. The Morgan fingerprint density at radius 2 is 2.26 bits per heavy atom. The molecule has 0 amide bonds. The van der Waals surface area contributed by atoms with Crippen LogP contribution >= 0.6 is 11.6 Å². The summed E-state index contributed by atoms with van der Waals surface area (Å²) in [5.74, 6) is 0.925. The van der Waals surface area contributed by atoms with Gasteiger partial charge in [0.2, 0.25) is 0 Å². The molecule has 1 aliphatic rings. The lowest BCUT2D eigenvalue weighted by molar-refractivity contribution is 0.252. The third kappa shape index (κ3) is 2.88. The number of fused-ring (bicyclic) bond motifs is 1. The molecule has 1 aliphatic heterocycles. The number of aromatic nitrogens is 1. The first-order valence-electron chi connectivity index (χ1n) is 6.38. The average Bonchev–Trinajstić information content (AvgIpc) is 2.46. The van der Waals surface area contributed by atoms with Crippen molar-refractivity contribution in [3.05, 3.63) is 58.9 Å². The molecular formula is C15H15ClN2O. The van der Waals surface area contributed by atoms with Crippen molar-refractivity contribution in [2.45, 2.75) is 19.0 Å². The topological polar surface area (TPSA) is 34.2 Å². The van der Waals surface area contributed by atoms with Crippen LogP contribution in [0.15, 0.2) is 42.6 Å². The highest BCUT2D eigenvalue weighted by Gasteiger charge is 2.21. The van der Waals surface area contributed by atoms with Gasteiger partial charge >= 0.3 is 0 Å². The van der Waals surface area contributed by atoms with Crippen LogP contribution in [0.2, 0.25) is 5.02 Å². The van der Waals surface area contributed by atoms with Gasteiger partial charge in [0.25, 0.3) is 0 Å². The summed E-state index contributed by atoms with van der Waals surface area (Å²) >= 11 is 6.06. The summed E-state index contributed by atoms with van der Waals surface area (Å²) in [6.07, 6.45) is 2.76. The van der Waals surface area contributed by atoms with Gasteiger partial charge in [0, 0.05) is 35.8 Å². The van der Waals surface area contributed by atoms with E-state index >= 15 is 0 Å². The molecule has 1 unspecified atom stereocenters. The Hall–Kier alpha value is -1.58. The van der Waals surface area contributed by atoms with Crippen LogP contribution in [0.3, 0.4) is 0 Å².